The van der Waals surface area contributed by atoms with Gasteiger partial charge in [0.25, 0.3) is 0 Å². The summed E-state index contributed by atoms with van der Waals surface area (Å²) in [4.78, 5) is 0. The summed E-state index contributed by atoms with van der Waals surface area (Å²) in [5, 5.41) is 9.97. The minimum Gasteiger partial charge on any atom is -0.365 e. The Morgan fingerprint density at radius 3 is 3.00 bits per heavy atom. The number of aliphatic hydroxyl groups is 1. The molecule has 0 aromatic heterocycles. The van der Waals surface area contributed by atoms with Gasteiger partial charge in [0.1, 0.15) is 0 Å². The smallest absolute Gasteiger partial charge is 0.168 e. The number of fused-ring (bicyclic) bond motifs is 1. The first-order valence-electron chi connectivity index (χ1n) is 4.68. The molecule has 0 aromatic carbocycles. The third-order valence-electron chi connectivity index (χ3n) is 3.04. The Balaban J connectivity index is 2.09. The van der Waals surface area contributed by atoms with Crippen LogP contribution in [-0.2, 0) is 4.74 Å². The van der Waals surface area contributed by atoms with Crippen molar-refractivity contribution < 1.29 is 9.84 Å². The fourth-order valence-electron chi connectivity index (χ4n) is 2.31. The highest BCUT2D eigenvalue weighted by Gasteiger charge is 2.42. The van der Waals surface area contributed by atoms with Crippen molar-refractivity contribution in [1.82, 2.24) is 0 Å². The number of hydrogen-bond acceptors (Lipinski definition) is 2. The van der Waals surface area contributed by atoms with E-state index in [9.17, 15) is 5.11 Å². The van der Waals surface area contributed by atoms with E-state index in [-0.39, 0.29) is 0 Å². The van der Waals surface area contributed by atoms with Gasteiger partial charge in [-0.25, -0.2) is 0 Å². The van der Waals surface area contributed by atoms with E-state index >= 15 is 0 Å². The van der Waals surface area contributed by atoms with Crippen molar-refractivity contribution in [2.45, 2.75) is 44.3 Å². The highest BCUT2D eigenvalue weighted by Crippen LogP contribution is 2.39. The minimum absolute atomic E-state index is 0.435. The van der Waals surface area contributed by atoms with E-state index in [0.717, 1.165) is 32.3 Å². The summed E-state index contributed by atoms with van der Waals surface area (Å²) >= 11 is 0. The molecule has 2 unspecified atom stereocenters. The van der Waals surface area contributed by atoms with Crippen molar-refractivity contribution in [3.05, 3.63) is 0 Å². The lowest BCUT2D eigenvalue weighted by Crippen LogP contribution is -2.33. The van der Waals surface area contributed by atoms with Crippen LogP contribution in [-0.4, -0.2) is 17.5 Å². The molecule has 11 heavy (non-hydrogen) atoms. The molecule has 2 fully saturated rings. The normalized spacial score (nSPS) is 45.0. The molecule has 1 N–H and O–H groups in total. The highest BCUT2D eigenvalue weighted by molar-refractivity contribution is 4.85. The Hall–Kier alpha value is -0.0800. The zero-order valence-corrected chi connectivity index (χ0v) is 6.88. The number of hydrogen-bond donors (Lipinski definition) is 1. The van der Waals surface area contributed by atoms with E-state index < -0.39 is 5.79 Å². The molecular weight excluding hydrogens is 140 g/mol. The molecule has 1 heterocycles. The Morgan fingerprint density at radius 1 is 1.18 bits per heavy atom. The summed E-state index contributed by atoms with van der Waals surface area (Å²) in [5.74, 6) is -0.291. The fourth-order valence-corrected chi connectivity index (χ4v) is 2.31. The van der Waals surface area contributed by atoms with Crippen LogP contribution >= 0.6 is 0 Å². The standard InChI is InChI=1S/C9H16O2/c10-9-6-3-1-2-4-8(9)5-7-11-9/h8,10H,1-7H2. The maximum atomic E-state index is 9.97. The second-order valence-corrected chi connectivity index (χ2v) is 3.78. The molecule has 2 nitrogen and oxygen atoms in total. The Morgan fingerprint density at radius 2 is 2.09 bits per heavy atom. The average Bonchev–Trinajstić information content (AvgIpc) is 2.24. The van der Waals surface area contributed by atoms with Gasteiger partial charge >= 0.3 is 0 Å². The Kier molecular flexibility index (Phi) is 1.90. The summed E-state index contributed by atoms with van der Waals surface area (Å²) in [6.45, 7) is 0.765. The predicted octanol–water partition coefficient (Wildman–Crippen LogP) is 1.68. The van der Waals surface area contributed by atoms with Crippen molar-refractivity contribution in [3.8, 4) is 0 Å². The van der Waals surface area contributed by atoms with E-state index in [4.69, 9.17) is 4.74 Å². The van der Waals surface area contributed by atoms with Crippen LogP contribution in [0.2, 0.25) is 0 Å². The summed E-state index contributed by atoms with van der Waals surface area (Å²) in [6.07, 6.45) is 6.76. The predicted molar refractivity (Wildman–Crippen MR) is 42.1 cm³/mol. The maximum Gasteiger partial charge on any atom is 0.168 e. The molecule has 0 radical (unpaired) electrons. The second-order valence-electron chi connectivity index (χ2n) is 3.78. The molecule has 1 aliphatic carbocycles. The van der Waals surface area contributed by atoms with Crippen LogP contribution in [0.5, 0.6) is 0 Å². The summed E-state index contributed by atoms with van der Waals surface area (Å²) in [7, 11) is 0. The zero-order chi connectivity index (χ0) is 7.73. The van der Waals surface area contributed by atoms with E-state index in [2.05, 4.69) is 0 Å². The van der Waals surface area contributed by atoms with Crippen molar-refractivity contribution in [2.75, 3.05) is 6.61 Å². The van der Waals surface area contributed by atoms with Gasteiger partial charge in [0, 0.05) is 12.3 Å². The van der Waals surface area contributed by atoms with Crippen LogP contribution < -0.4 is 0 Å². The molecular formula is C9H16O2. The maximum absolute atomic E-state index is 9.97. The first kappa shape index (κ1) is 7.56. The Labute approximate surface area is 67.6 Å². The zero-order valence-electron chi connectivity index (χ0n) is 6.88. The van der Waals surface area contributed by atoms with Crippen LogP contribution in [0.1, 0.15) is 38.5 Å². The van der Waals surface area contributed by atoms with Crippen LogP contribution in [0, 0.1) is 5.92 Å². The Bertz CT molecular complexity index is 146. The van der Waals surface area contributed by atoms with E-state index in [1.807, 2.05) is 0 Å². The monoisotopic (exact) mass is 156 g/mol. The van der Waals surface area contributed by atoms with Gasteiger partial charge in [0.2, 0.25) is 0 Å². The largest absolute Gasteiger partial charge is 0.365 e. The van der Waals surface area contributed by atoms with Crippen LogP contribution in [0.4, 0.5) is 0 Å². The second kappa shape index (κ2) is 2.76. The molecule has 0 bridgehead atoms. The van der Waals surface area contributed by atoms with Gasteiger partial charge in [0.05, 0.1) is 6.61 Å². The summed E-state index contributed by atoms with van der Waals surface area (Å²) < 4.78 is 5.38. The molecule has 0 amide bonds. The average molecular weight is 156 g/mol. The van der Waals surface area contributed by atoms with Crippen molar-refractivity contribution in [2.24, 2.45) is 5.92 Å². The van der Waals surface area contributed by atoms with Gasteiger partial charge in [-0.1, -0.05) is 12.8 Å². The van der Waals surface area contributed by atoms with Crippen LogP contribution in [0.25, 0.3) is 0 Å². The molecule has 1 aliphatic heterocycles. The highest BCUT2D eigenvalue weighted by atomic mass is 16.6. The number of ether oxygens (including phenoxy) is 1. The van der Waals surface area contributed by atoms with E-state index in [1.54, 1.807) is 0 Å². The fraction of sp³-hybridized carbons (Fsp3) is 1.00. The van der Waals surface area contributed by atoms with Crippen LogP contribution in [0.3, 0.4) is 0 Å². The van der Waals surface area contributed by atoms with Crippen molar-refractivity contribution >= 4 is 0 Å². The van der Waals surface area contributed by atoms with Gasteiger partial charge < -0.3 is 9.84 Å². The first-order chi connectivity index (χ1) is 5.31. The molecule has 2 rings (SSSR count). The van der Waals surface area contributed by atoms with Crippen molar-refractivity contribution in [1.29, 1.82) is 0 Å². The van der Waals surface area contributed by atoms with E-state index in [0.29, 0.717) is 5.92 Å². The van der Waals surface area contributed by atoms with Gasteiger partial charge in [-0.15, -0.1) is 0 Å². The summed E-state index contributed by atoms with van der Waals surface area (Å²) in [6, 6.07) is 0. The summed E-state index contributed by atoms with van der Waals surface area (Å²) in [5.41, 5.74) is 0. The molecule has 1 saturated carbocycles. The lowest BCUT2D eigenvalue weighted by atomic mass is 9.93. The van der Waals surface area contributed by atoms with Crippen LogP contribution in [0.15, 0.2) is 0 Å². The van der Waals surface area contributed by atoms with E-state index in [1.165, 1.54) is 12.8 Å². The lowest BCUT2D eigenvalue weighted by molar-refractivity contribution is -0.197. The molecule has 2 aliphatic rings. The van der Waals surface area contributed by atoms with Gasteiger partial charge in [0.15, 0.2) is 5.79 Å². The first-order valence-corrected chi connectivity index (χ1v) is 4.68. The van der Waals surface area contributed by atoms with Gasteiger partial charge in [-0.3, -0.25) is 0 Å². The SMILES string of the molecule is OC12CCCCCC1CCO2. The molecule has 2 atom stereocenters. The molecule has 0 spiro atoms. The topological polar surface area (TPSA) is 29.5 Å². The van der Waals surface area contributed by atoms with Gasteiger partial charge in [-0.05, 0) is 19.3 Å². The minimum atomic E-state index is -0.726. The van der Waals surface area contributed by atoms with Gasteiger partial charge in [-0.2, -0.15) is 0 Å². The van der Waals surface area contributed by atoms with Crippen molar-refractivity contribution in [3.63, 3.8) is 0 Å². The number of rotatable bonds is 0. The lowest BCUT2D eigenvalue weighted by Gasteiger charge is -2.26. The molecule has 2 heteroatoms. The quantitative estimate of drug-likeness (QED) is 0.578. The third-order valence-corrected chi connectivity index (χ3v) is 3.04. The molecule has 1 saturated heterocycles. The molecule has 64 valence electrons. The molecule has 0 aromatic rings. The third kappa shape index (κ3) is 1.30.